The van der Waals surface area contributed by atoms with Crippen molar-refractivity contribution in [2.75, 3.05) is 33.9 Å². The molecule has 2 fully saturated rings. The number of carbonyl (C=O) groups is 3. The van der Waals surface area contributed by atoms with E-state index in [2.05, 4.69) is 9.72 Å². The molecule has 0 aromatic carbocycles. The number of aromatic nitrogens is 1. The van der Waals surface area contributed by atoms with Gasteiger partial charge in [-0.05, 0) is 6.07 Å². The summed E-state index contributed by atoms with van der Waals surface area (Å²) in [6, 6.07) is 1.31. The van der Waals surface area contributed by atoms with Gasteiger partial charge in [-0.3, -0.25) is 14.6 Å². The van der Waals surface area contributed by atoms with Crippen molar-refractivity contribution in [2.45, 2.75) is 18.6 Å². The Labute approximate surface area is 139 Å². The smallest absolute Gasteiger partial charge is 0.339 e. The van der Waals surface area contributed by atoms with Crippen LogP contribution in [0.3, 0.4) is 0 Å². The van der Waals surface area contributed by atoms with Crippen LogP contribution in [-0.4, -0.2) is 78.6 Å². The summed E-state index contributed by atoms with van der Waals surface area (Å²) in [5.74, 6) is -0.769. The van der Waals surface area contributed by atoms with Crippen molar-refractivity contribution in [3.05, 3.63) is 29.6 Å². The van der Waals surface area contributed by atoms with Crippen molar-refractivity contribution < 1.29 is 23.9 Å². The largest absolute Gasteiger partial charge is 0.465 e. The molecule has 0 unspecified atom stereocenters. The van der Waals surface area contributed by atoms with Crippen molar-refractivity contribution in [2.24, 2.45) is 0 Å². The maximum atomic E-state index is 12.7. The Bertz CT molecular complexity index is 677. The minimum atomic E-state index is -0.544. The van der Waals surface area contributed by atoms with Gasteiger partial charge in [0.2, 0.25) is 5.91 Å². The van der Waals surface area contributed by atoms with Crippen LogP contribution in [0.4, 0.5) is 0 Å². The Hall–Kier alpha value is -2.48. The van der Waals surface area contributed by atoms with Crippen LogP contribution in [0.2, 0.25) is 0 Å². The molecule has 1 aromatic heterocycles. The van der Waals surface area contributed by atoms with Crippen LogP contribution in [0.25, 0.3) is 0 Å². The number of rotatable bonds is 2. The molecule has 2 amide bonds. The summed E-state index contributed by atoms with van der Waals surface area (Å²) >= 11 is 0. The summed E-state index contributed by atoms with van der Waals surface area (Å²) in [7, 11) is 3.01. The predicted molar refractivity (Wildman–Crippen MR) is 82.4 cm³/mol. The summed E-state index contributed by atoms with van der Waals surface area (Å²) in [6.07, 6.45) is 2.94. The maximum Gasteiger partial charge on any atom is 0.339 e. The van der Waals surface area contributed by atoms with E-state index < -0.39 is 5.97 Å². The van der Waals surface area contributed by atoms with E-state index >= 15 is 0 Å². The first-order chi connectivity index (χ1) is 11.5. The van der Waals surface area contributed by atoms with Crippen LogP contribution in [0.1, 0.15) is 27.1 Å². The molecule has 24 heavy (non-hydrogen) atoms. The van der Waals surface area contributed by atoms with Gasteiger partial charge in [-0.2, -0.15) is 0 Å². The van der Waals surface area contributed by atoms with Gasteiger partial charge < -0.3 is 19.3 Å². The highest BCUT2D eigenvalue weighted by Gasteiger charge is 2.41. The molecule has 2 aliphatic heterocycles. The zero-order valence-electron chi connectivity index (χ0n) is 13.6. The lowest BCUT2D eigenvalue weighted by molar-refractivity contribution is -0.131. The van der Waals surface area contributed by atoms with E-state index in [0.29, 0.717) is 31.7 Å². The van der Waals surface area contributed by atoms with Crippen molar-refractivity contribution in [3.8, 4) is 0 Å². The third-order valence-corrected chi connectivity index (χ3v) is 4.47. The monoisotopic (exact) mass is 333 g/mol. The molecule has 2 atom stereocenters. The number of likely N-dealkylation sites (N-methyl/N-ethyl adjacent to an activating group) is 1. The zero-order valence-corrected chi connectivity index (χ0v) is 13.6. The number of nitrogens with zero attached hydrogens (tertiary/aromatic N) is 3. The Balaban J connectivity index is 1.77. The highest BCUT2D eigenvalue weighted by atomic mass is 16.5. The highest BCUT2D eigenvalue weighted by molar-refractivity contribution is 5.97. The number of amides is 2. The van der Waals surface area contributed by atoms with Crippen molar-refractivity contribution in [1.82, 2.24) is 14.8 Å². The zero-order chi connectivity index (χ0) is 17.3. The van der Waals surface area contributed by atoms with Crippen LogP contribution < -0.4 is 0 Å². The fourth-order valence-corrected chi connectivity index (χ4v) is 3.09. The number of esters is 1. The second-order valence-corrected chi connectivity index (χ2v) is 5.90. The van der Waals surface area contributed by atoms with E-state index in [0.717, 1.165) is 0 Å². The summed E-state index contributed by atoms with van der Waals surface area (Å²) in [6.45, 7) is 1.17. The predicted octanol–water partition coefficient (Wildman–Crippen LogP) is -0.0601. The lowest BCUT2D eigenvalue weighted by Crippen LogP contribution is -2.43. The van der Waals surface area contributed by atoms with E-state index in [4.69, 9.17) is 4.74 Å². The number of methoxy groups -OCH3 is 1. The molecule has 8 heteroatoms. The van der Waals surface area contributed by atoms with E-state index in [1.807, 2.05) is 0 Å². The SMILES string of the molecule is COC(=O)c1cncc(C(=O)N2C[C@@H]3OCCC(=O)N(C)[C@H]3C2)c1. The molecule has 0 bridgehead atoms. The summed E-state index contributed by atoms with van der Waals surface area (Å²) in [5, 5.41) is 0. The van der Waals surface area contributed by atoms with Gasteiger partial charge in [-0.1, -0.05) is 0 Å². The van der Waals surface area contributed by atoms with Gasteiger partial charge in [0.05, 0.1) is 43.4 Å². The van der Waals surface area contributed by atoms with Gasteiger partial charge in [0, 0.05) is 32.5 Å². The minimum absolute atomic E-state index is 0.0196. The number of carbonyl (C=O) groups excluding carboxylic acids is 3. The Kier molecular flexibility index (Phi) is 4.48. The number of pyridine rings is 1. The second kappa shape index (κ2) is 6.56. The molecule has 128 valence electrons. The molecule has 0 radical (unpaired) electrons. The molecule has 0 aliphatic carbocycles. The van der Waals surface area contributed by atoms with Crippen LogP contribution in [-0.2, 0) is 14.3 Å². The molecular weight excluding hydrogens is 314 g/mol. The lowest BCUT2D eigenvalue weighted by Gasteiger charge is -2.25. The lowest BCUT2D eigenvalue weighted by atomic mass is 10.2. The number of hydrogen-bond donors (Lipinski definition) is 0. The number of hydrogen-bond acceptors (Lipinski definition) is 6. The molecule has 0 N–H and O–H groups in total. The van der Waals surface area contributed by atoms with Crippen LogP contribution in [0.15, 0.2) is 18.5 Å². The van der Waals surface area contributed by atoms with Gasteiger partial charge in [0.15, 0.2) is 0 Å². The molecule has 2 aliphatic rings. The van der Waals surface area contributed by atoms with Crippen molar-refractivity contribution in [3.63, 3.8) is 0 Å². The number of ether oxygens (including phenoxy) is 2. The standard InChI is InChI=1S/C16H19N3O5/c1-18-12-8-19(9-13(12)24-4-3-14(18)20)15(21)10-5-11(7-17-6-10)16(22)23-2/h5-7,12-13H,3-4,8-9H2,1-2H3/t12-,13-/m0/s1. The van der Waals surface area contributed by atoms with Crippen LogP contribution in [0.5, 0.6) is 0 Å². The Morgan fingerprint density at radius 3 is 2.79 bits per heavy atom. The molecule has 2 saturated heterocycles. The summed E-state index contributed by atoms with van der Waals surface area (Å²) in [5.41, 5.74) is 0.531. The first-order valence-electron chi connectivity index (χ1n) is 7.71. The Morgan fingerprint density at radius 1 is 1.29 bits per heavy atom. The number of fused-ring (bicyclic) bond motifs is 1. The third kappa shape index (κ3) is 2.96. The normalized spacial score (nSPS) is 23.7. The fourth-order valence-electron chi connectivity index (χ4n) is 3.09. The fraction of sp³-hybridized carbons (Fsp3) is 0.500. The molecule has 3 heterocycles. The minimum Gasteiger partial charge on any atom is -0.465 e. The first kappa shape index (κ1) is 16.4. The Morgan fingerprint density at radius 2 is 2.04 bits per heavy atom. The van der Waals surface area contributed by atoms with Gasteiger partial charge in [0.1, 0.15) is 0 Å². The number of likely N-dealkylation sites (tertiary alicyclic amines) is 1. The topological polar surface area (TPSA) is 89.0 Å². The van der Waals surface area contributed by atoms with Gasteiger partial charge in [-0.25, -0.2) is 4.79 Å². The van der Waals surface area contributed by atoms with Gasteiger partial charge in [-0.15, -0.1) is 0 Å². The highest BCUT2D eigenvalue weighted by Crippen LogP contribution is 2.23. The van der Waals surface area contributed by atoms with E-state index in [1.54, 1.807) is 16.8 Å². The molecule has 3 rings (SSSR count). The van der Waals surface area contributed by atoms with Crippen LogP contribution in [0, 0.1) is 0 Å². The van der Waals surface area contributed by atoms with E-state index in [1.165, 1.54) is 25.6 Å². The summed E-state index contributed by atoms with van der Waals surface area (Å²) in [4.78, 5) is 43.4. The first-order valence-corrected chi connectivity index (χ1v) is 7.71. The molecule has 0 spiro atoms. The van der Waals surface area contributed by atoms with Gasteiger partial charge in [0.25, 0.3) is 5.91 Å². The molecular formula is C16H19N3O5. The van der Waals surface area contributed by atoms with E-state index in [-0.39, 0.29) is 29.5 Å². The van der Waals surface area contributed by atoms with Crippen LogP contribution >= 0.6 is 0 Å². The van der Waals surface area contributed by atoms with Crippen molar-refractivity contribution >= 4 is 17.8 Å². The third-order valence-electron chi connectivity index (χ3n) is 4.47. The molecule has 0 saturated carbocycles. The summed E-state index contributed by atoms with van der Waals surface area (Å²) < 4.78 is 10.4. The molecule has 1 aromatic rings. The average Bonchev–Trinajstić information content (AvgIpc) is 2.98. The molecule has 8 nitrogen and oxygen atoms in total. The average molecular weight is 333 g/mol. The van der Waals surface area contributed by atoms with Gasteiger partial charge >= 0.3 is 5.97 Å². The maximum absolute atomic E-state index is 12.7. The quantitative estimate of drug-likeness (QED) is 0.705. The van der Waals surface area contributed by atoms with E-state index in [9.17, 15) is 14.4 Å². The van der Waals surface area contributed by atoms with Crippen molar-refractivity contribution in [1.29, 1.82) is 0 Å². The second-order valence-electron chi connectivity index (χ2n) is 5.90.